The highest BCUT2D eigenvalue weighted by Gasteiger charge is 2.14. The normalized spacial score (nSPS) is 10.7. The Bertz CT molecular complexity index is 1970. The molecule has 0 aliphatic heterocycles. The van der Waals surface area contributed by atoms with E-state index in [1.165, 1.54) is 30.7 Å². The Labute approximate surface area is 232 Å². The van der Waals surface area contributed by atoms with E-state index < -0.39 is 0 Å². The van der Waals surface area contributed by atoms with Crippen molar-refractivity contribution in [3.05, 3.63) is 112 Å². The summed E-state index contributed by atoms with van der Waals surface area (Å²) in [6.45, 7) is 0. The third kappa shape index (κ3) is 5.41. The summed E-state index contributed by atoms with van der Waals surface area (Å²) >= 11 is 0. The van der Waals surface area contributed by atoms with Crippen LogP contribution in [-0.4, -0.2) is 29.5 Å². The van der Waals surface area contributed by atoms with Gasteiger partial charge in [0.25, 0.3) is 0 Å². The van der Waals surface area contributed by atoms with Crippen molar-refractivity contribution in [1.29, 1.82) is 0 Å². The molecule has 9 nitrogen and oxygen atoms in total. The van der Waals surface area contributed by atoms with Crippen LogP contribution in [0.25, 0.3) is 44.2 Å². The molecule has 3 N–H and O–H groups in total. The van der Waals surface area contributed by atoms with Crippen LogP contribution in [0.4, 0.5) is 0 Å². The lowest BCUT2D eigenvalue weighted by molar-refractivity contribution is 0.415. The molecule has 6 rings (SSSR count). The minimum absolute atomic E-state index is 0.0427. The first-order valence-electron chi connectivity index (χ1n) is 12.3. The molecule has 0 unspecified atom stereocenters. The van der Waals surface area contributed by atoms with E-state index in [0.717, 1.165) is 17.4 Å². The number of aromatic hydroxyl groups is 3. The van der Waals surface area contributed by atoms with Gasteiger partial charge in [-0.1, -0.05) is 24.3 Å². The van der Waals surface area contributed by atoms with Crippen LogP contribution in [0.3, 0.4) is 0 Å². The maximum absolute atomic E-state index is 12.5. The number of ether oxygens (including phenoxy) is 2. The number of phenolic OH excluding ortho intramolecular Hbond substituents is 3. The molecule has 0 saturated carbocycles. The van der Waals surface area contributed by atoms with Crippen LogP contribution in [-0.2, 0) is 0 Å². The molecule has 0 aliphatic rings. The van der Waals surface area contributed by atoms with Gasteiger partial charge in [-0.2, -0.15) is 0 Å². The summed E-state index contributed by atoms with van der Waals surface area (Å²) in [7, 11) is 3.15. The molecule has 0 aliphatic carbocycles. The van der Waals surface area contributed by atoms with Crippen LogP contribution in [0.15, 0.2) is 110 Å². The Morgan fingerprint density at radius 3 is 1.66 bits per heavy atom. The summed E-state index contributed by atoms with van der Waals surface area (Å²) in [5, 5.41) is 29.1. The summed E-state index contributed by atoms with van der Waals surface area (Å²) in [5.41, 5.74) is 2.22. The van der Waals surface area contributed by atoms with Crippen molar-refractivity contribution in [3.63, 3.8) is 0 Å². The van der Waals surface area contributed by atoms with Gasteiger partial charge in [-0.05, 0) is 47.5 Å². The van der Waals surface area contributed by atoms with Crippen LogP contribution < -0.4 is 20.3 Å². The smallest absolute Gasteiger partial charge is 0.204 e. The van der Waals surface area contributed by atoms with Crippen molar-refractivity contribution in [2.45, 2.75) is 0 Å². The number of benzene rings is 4. The van der Waals surface area contributed by atoms with E-state index in [0.29, 0.717) is 33.4 Å². The first-order chi connectivity index (χ1) is 19.8. The number of hydrogen-bond acceptors (Lipinski definition) is 9. The zero-order valence-corrected chi connectivity index (χ0v) is 22.0. The second-order valence-electron chi connectivity index (χ2n) is 8.93. The van der Waals surface area contributed by atoms with E-state index in [9.17, 15) is 24.9 Å². The Hall–Kier alpha value is -5.70. The van der Waals surface area contributed by atoms with E-state index in [4.69, 9.17) is 18.3 Å². The molecule has 9 heteroatoms. The topological polar surface area (TPSA) is 140 Å². The van der Waals surface area contributed by atoms with Crippen LogP contribution >= 0.6 is 0 Å². The molecule has 4 aromatic carbocycles. The zero-order chi connectivity index (χ0) is 29.1. The molecule has 41 heavy (non-hydrogen) atoms. The number of rotatable bonds is 4. The van der Waals surface area contributed by atoms with Crippen molar-refractivity contribution in [2.75, 3.05) is 14.2 Å². The van der Waals surface area contributed by atoms with Crippen LogP contribution in [0.2, 0.25) is 0 Å². The Morgan fingerprint density at radius 2 is 1.10 bits per heavy atom. The summed E-state index contributed by atoms with van der Waals surface area (Å²) in [6.07, 6.45) is 2.72. The predicted molar refractivity (Wildman–Crippen MR) is 154 cm³/mol. The molecule has 0 atom stereocenters. The fraction of sp³-hybridized carbons (Fsp3) is 0.0625. The standard InChI is InChI=1S/C16H12O5.C16H12O4/c1-20-11-4-2-9(3-5-11)12-8-21-14-7-10(17)6-13(18)15(14)16(12)19;1-19-12-5-2-10(3-6-12)14-9-20-15-8-11(17)4-7-13(15)16(14)18/h2-8,17-18H,1H3;2-9,17H,1H3. The molecule has 0 radical (unpaired) electrons. The van der Waals surface area contributed by atoms with Crippen molar-refractivity contribution in [2.24, 2.45) is 0 Å². The van der Waals surface area contributed by atoms with Gasteiger partial charge in [0.2, 0.25) is 5.43 Å². The SMILES string of the molecule is COc1ccc(-c2coc3cc(O)cc(O)c3c2=O)cc1.COc1ccc(-c2coc3cc(O)ccc3c2=O)cc1. The molecule has 2 heterocycles. The van der Waals surface area contributed by atoms with Crippen molar-refractivity contribution in [1.82, 2.24) is 0 Å². The molecular weight excluding hydrogens is 528 g/mol. The highest BCUT2D eigenvalue weighted by Crippen LogP contribution is 2.30. The van der Waals surface area contributed by atoms with Crippen molar-refractivity contribution < 1.29 is 33.6 Å². The third-order valence-corrected chi connectivity index (χ3v) is 6.40. The van der Waals surface area contributed by atoms with Gasteiger partial charge in [0.1, 0.15) is 57.8 Å². The first-order valence-corrected chi connectivity index (χ1v) is 12.3. The lowest BCUT2D eigenvalue weighted by atomic mass is 10.0. The van der Waals surface area contributed by atoms with Crippen LogP contribution in [0.5, 0.6) is 28.7 Å². The van der Waals surface area contributed by atoms with Gasteiger partial charge in [0.15, 0.2) is 5.43 Å². The second-order valence-corrected chi connectivity index (χ2v) is 8.93. The van der Waals surface area contributed by atoms with Crippen molar-refractivity contribution >= 4 is 21.9 Å². The molecule has 0 spiro atoms. The monoisotopic (exact) mass is 552 g/mol. The summed E-state index contributed by atoms with van der Waals surface area (Å²) in [5.74, 6) is 0.993. The summed E-state index contributed by atoms with van der Waals surface area (Å²) < 4.78 is 20.9. The highest BCUT2D eigenvalue weighted by atomic mass is 16.5. The quantitative estimate of drug-likeness (QED) is 0.238. The molecular formula is C32H24O9. The highest BCUT2D eigenvalue weighted by molar-refractivity contribution is 5.88. The largest absolute Gasteiger partial charge is 0.508 e. The fourth-order valence-corrected chi connectivity index (χ4v) is 4.27. The summed E-state index contributed by atoms with van der Waals surface area (Å²) in [4.78, 5) is 24.9. The second kappa shape index (κ2) is 11.2. The van der Waals surface area contributed by atoms with E-state index in [-0.39, 0.29) is 39.1 Å². The zero-order valence-electron chi connectivity index (χ0n) is 22.0. The Morgan fingerprint density at radius 1 is 0.585 bits per heavy atom. The Kier molecular flexibility index (Phi) is 7.34. The lowest BCUT2D eigenvalue weighted by Gasteiger charge is -2.05. The average molecular weight is 553 g/mol. The van der Waals surface area contributed by atoms with Crippen LogP contribution in [0.1, 0.15) is 0 Å². The number of hydrogen-bond donors (Lipinski definition) is 3. The van der Waals surface area contributed by atoms with Gasteiger partial charge >= 0.3 is 0 Å². The van der Waals surface area contributed by atoms with E-state index >= 15 is 0 Å². The maximum atomic E-state index is 12.5. The first kappa shape index (κ1) is 26.9. The predicted octanol–water partition coefficient (Wildman–Crippen LogP) is 6.05. The van der Waals surface area contributed by atoms with Crippen LogP contribution in [0, 0.1) is 0 Å². The molecule has 0 fully saturated rings. The summed E-state index contributed by atoms with van der Waals surface area (Å²) in [6, 6.07) is 21.0. The minimum atomic E-state index is -0.362. The minimum Gasteiger partial charge on any atom is -0.508 e. The third-order valence-electron chi connectivity index (χ3n) is 6.40. The van der Waals surface area contributed by atoms with E-state index in [1.807, 2.05) is 0 Å². The number of fused-ring (bicyclic) bond motifs is 2. The fourth-order valence-electron chi connectivity index (χ4n) is 4.27. The van der Waals surface area contributed by atoms with Gasteiger partial charge < -0.3 is 33.6 Å². The van der Waals surface area contributed by atoms with E-state index in [2.05, 4.69) is 0 Å². The van der Waals surface area contributed by atoms with Gasteiger partial charge in [0, 0.05) is 18.2 Å². The average Bonchev–Trinajstić information content (AvgIpc) is 2.98. The molecule has 0 saturated heterocycles. The lowest BCUT2D eigenvalue weighted by Crippen LogP contribution is -2.05. The number of phenols is 3. The molecule has 0 bridgehead atoms. The maximum Gasteiger partial charge on any atom is 0.204 e. The van der Waals surface area contributed by atoms with Gasteiger partial charge in [0.05, 0.1) is 30.7 Å². The van der Waals surface area contributed by atoms with Gasteiger partial charge in [-0.15, -0.1) is 0 Å². The molecule has 206 valence electrons. The molecule has 2 aromatic heterocycles. The van der Waals surface area contributed by atoms with E-state index in [1.54, 1.807) is 68.8 Å². The number of methoxy groups -OCH3 is 2. The van der Waals surface area contributed by atoms with Crippen molar-refractivity contribution in [3.8, 4) is 51.0 Å². The molecule has 0 amide bonds. The molecule has 6 aromatic rings. The van der Waals surface area contributed by atoms with Gasteiger partial charge in [-0.25, -0.2) is 0 Å². The van der Waals surface area contributed by atoms with Gasteiger partial charge in [-0.3, -0.25) is 9.59 Å². The Balaban J connectivity index is 0.000000165.